The van der Waals surface area contributed by atoms with Crippen LogP contribution in [0.1, 0.15) is 12.0 Å². The molecule has 0 fully saturated rings. The molecule has 1 rings (SSSR count). The van der Waals surface area contributed by atoms with Gasteiger partial charge in [0.25, 0.3) is 0 Å². The fraction of sp³-hybridized carbons (Fsp3) is 0.300. The highest BCUT2D eigenvalue weighted by Crippen LogP contribution is 2.23. The molecule has 1 N–H and O–H groups in total. The van der Waals surface area contributed by atoms with Crippen LogP contribution in [0.4, 0.5) is 18.9 Å². The Kier molecular flexibility index (Phi) is 3.96. The lowest BCUT2D eigenvalue weighted by molar-refractivity contribution is -0.150. The number of carbonyl (C=O) groups excluding carboxylic acids is 1. The van der Waals surface area contributed by atoms with E-state index in [4.69, 9.17) is 0 Å². The van der Waals surface area contributed by atoms with Crippen molar-refractivity contribution in [2.75, 3.05) is 5.32 Å². The van der Waals surface area contributed by atoms with E-state index >= 15 is 0 Å². The zero-order valence-corrected chi connectivity index (χ0v) is 9.95. The molecule has 1 aromatic carbocycles. The van der Waals surface area contributed by atoms with E-state index in [-0.39, 0.29) is 0 Å². The van der Waals surface area contributed by atoms with Crippen molar-refractivity contribution in [3.8, 4) is 0 Å². The van der Waals surface area contributed by atoms with Crippen molar-refractivity contribution < 1.29 is 18.0 Å². The summed E-state index contributed by atoms with van der Waals surface area (Å²) in [5.74, 6) is -1.06. The van der Waals surface area contributed by atoms with E-state index in [0.29, 0.717) is 15.7 Å². The molecule has 2 nitrogen and oxygen atoms in total. The fourth-order valence-corrected chi connectivity index (χ4v) is 1.47. The van der Waals surface area contributed by atoms with Crippen LogP contribution >= 0.6 is 15.9 Å². The molecule has 0 aliphatic rings. The molecule has 0 heterocycles. The summed E-state index contributed by atoms with van der Waals surface area (Å²) < 4.78 is 36.5. The maximum absolute atomic E-state index is 11.9. The van der Waals surface area contributed by atoms with E-state index < -0.39 is 18.5 Å². The molecule has 0 aliphatic heterocycles. The van der Waals surface area contributed by atoms with E-state index in [0.717, 1.165) is 0 Å². The van der Waals surface area contributed by atoms with Crippen LogP contribution in [-0.2, 0) is 4.79 Å². The monoisotopic (exact) mass is 295 g/mol. The van der Waals surface area contributed by atoms with E-state index in [1.165, 1.54) is 0 Å². The van der Waals surface area contributed by atoms with Crippen LogP contribution in [0.15, 0.2) is 22.7 Å². The number of benzene rings is 1. The molecule has 0 radical (unpaired) electrons. The van der Waals surface area contributed by atoms with Crippen molar-refractivity contribution in [3.05, 3.63) is 28.2 Å². The molecule has 0 saturated carbocycles. The summed E-state index contributed by atoms with van der Waals surface area (Å²) in [6.07, 6.45) is -5.96. The average molecular weight is 296 g/mol. The van der Waals surface area contributed by atoms with Gasteiger partial charge in [0, 0.05) is 10.2 Å². The topological polar surface area (TPSA) is 29.1 Å². The third kappa shape index (κ3) is 4.22. The number of alkyl halides is 3. The second-order valence-electron chi connectivity index (χ2n) is 3.30. The number of hydrogen-bond acceptors (Lipinski definition) is 1. The Bertz CT molecular complexity index is 404. The van der Waals surface area contributed by atoms with Crippen molar-refractivity contribution in [3.63, 3.8) is 0 Å². The number of rotatable bonds is 2. The normalized spacial score (nSPS) is 11.3. The summed E-state index contributed by atoms with van der Waals surface area (Å²) in [7, 11) is 0. The highest BCUT2D eigenvalue weighted by atomic mass is 79.9. The molecule has 0 aromatic heterocycles. The van der Waals surface area contributed by atoms with Crippen LogP contribution in [0.25, 0.3) is 0 Å². The van der Waals surface area contributed by atoms with E-state index in [1.54, 1.807) is 25.1 Å². The first-order valence-corrected chi connectivity index (χ1v) is 5.20. The number of hydrogen-bond donors (Lipinski definition) is 1. The summed E-state index contributed by atoms with van der Waals surface area (Å²) in [5.41, 5.74) is 1.09. The quantitative estimate of drug-likeness (QED) is 0.886. The van der Waals surface area contributed by atoms with Crippen LogP contribution in [0.2, 0.25) is 0 Å². The molecule has 0 saturated heterocycles. The molecule has 6 heteroatoms. The SMILES string of the molecule is Cc1ccc(Br)cc1NC(=O)CC(F)(F)F. The highest BCUT2D eigenvalue weighted by molar-refractivity contribution is 9.10. The summed E-state index contributed by atoms with van der Waals surface area (Å²) >= 11 is 3.17. The van der Waals surface area contributed by atoms with Crippen molar-refractivity contribution in [2.45, 2.75) is 19.5 Å². The smallest absolute Gasteiger partial charge is 0.326 e. The van der Waals surface area contributed by atoms with Crippen LogP contribution in [0.3, 0.4) is 0 Å². The third-order valence-corrected chi connectivity index (χ3v) is 2.33. The molecule has 16 heavy (non-hydrogen) atoms. The van der Waals surface area contributed by atoms with Gasteiger partial charge in [0.2, 0.25) is 5.91 Å². The summed E-state index contributed by atoms with van der Waals surface area (Å²) in [5, 5.41) is 2.22. The maximum atomic E-state index is 11.9. The minimum Gasteiger partial charge on any atom is -0.326 e. The standard InChI is InChI=1S/C10H9BrF3NO/c1-6-2-3-7(11)4-8(6)15-9(16)5-10(12,13)14/h2-4H,5H2,1H3,(H,15,16). The lowest BCUT2D eigenvalue weighted by atomic mass is 10.2. The van der Waals surface area contributed by atoms with Crippen LogP contribution in [-0.4, -0.2) is 12.1 Å². The number of halogens is 4. The number of anilines is 1. The number of amides is 1. The van der Waals surface area contributed by atoms with Gasteiger partial charge in [-0.15, -0.1) is 0 Å². The Morgan fingerprint density at radius 1 is 1.44 bits per heavy atom. The largest absolute Gasteiger partial charge is 0.397 e. The van der Waals surface area contributed by atoms with Gasteiger partial charge in [0.15, 0.2) is 0 Å². The Hall–Kier alpha value is -1.04. The van der Waals surface area contributed by atoms with Crippen LogP contribution < -0.4 is 5.32 Å². The maximum Gasteiger partial charge on any atom is 0.397 e. The number of nitrogens with one attached hydrogen (secondary N) is 1. The van der Waals surface area contributed by atoms with Crippen LogP contribution in [0.5, 0.6) is 0 Å². The first-order chi connectivity index (χ1) is 7.28. The van der Waals surface area contributed by atoms with Crippen molar-refractivity contribution in [1.82, 2.24) is 0 Å². The molecule has 88 valence electrons. The molecule has 1 amide bonds. The van der Waals surface area contributed by atoms with Crippen molar-refractivity contribution >= 4 is 27.5 Å². The van der Waals surface area contributed by atoms with Gasteiger partial charge in [-0.25, -0.2) is 0 Å². The highest BCUT2D eigenvalue weighted by Gasteiger charge is 2.31. The number of aryl methyl sites for hydroxylation is 1. The minimum absolute atomic E-state index is 0.378. The molecule has 0 atom stereocenters. The summed E-state index contributed by atoms with van der Waals surface area (Å²) in [6.45, 7) is 1.70. The zero-order chi connectivity index (χ0) is 12.3. The molecule has 1 aromatic rings. The first-order valence-electron chi connectivity index (χ1n) is 4.41. The molecule has 0 bridgehead atoms. The van der Waals surface area contributed by atoms with Gasteiger partial charge in [-0.1, -0.05) is 22.0 Å². The summed E-state index contributed by atoms with van der Waals surface area (Å²) in [4.78, 5) is 11.0. The van der Waals surface area contributed by atoms with Gasteiger partial charge in [0.1, 0.15) is 6.42 Å². The van der Waals surface area contributed by atoms with Gasteiger partial charge in [0.05, 0.1) is 0 Å². The first kappa shape index (κ1) is 13.0. The zero-order valence-electron chi connectivity index (χ0n) is 8.36. The second kappa shape index (κ2) is 4.86. The Morgan fingerprint density at radius 2 is 2.06 bits per heavy atom. The molecular formula is C10H9BrF3NO. The molecule has 0 aliphatic carbocycles. The fourth-order valence-electron chi connectivity index (χ4n) is 1.11. The van der Waals surface area contributed by atoms with Gasteiger partial charge in [-0.3, -0.25) is 4.79 Å². The Morgan fingerprint density at radius 3 is 2.62 bits per heavy atom. The van der Waals surface area contributed by atoms with E-state index in [2.05, 4.69) is 21.2 Å². The molecular weight excluding hydrogens is 287 g/mol. The van der Waals surface area contributed by atoms with Gasteiger partial charge >= 0.3 is 6.18 Å². The average Bonchev–Trinajstić information content (AvgIpc) is 2.08. The second-order valence-corrected chi connectivity index (χ2v) is 4.22. The van der Waals surface area contributed by atoms with Crippen molar-refractivity contribution in [1.29, 1.82) is 0 Å². The molecule has 0 unspecified atom stereocenters. The lowest BCUT2D eigenvalue weighted by Gasteiger charge is -2.10. The minimum atomic E-state index is -4.48. The van der Waals surface area contributed by atoms with E-state index in [9.17, 15) is 18.0 Å². The van der Waals surface area contributed by atoms with E-state index in [1.807, 2.05) is 0 Å². The summed E-state index contributed by atoms with van der Waals surface area (Å²) in [6, 6.07) is 5.01. The predicted molar refractivity (Wildman–Crippen MR) is 58.2 cm³/mol. The molecule has 0 spiro atoms. The third-order valence-electron chi connectivity index (χ3n) is 1.83. The Balaban J connectivity index is 2.73. The van der Waals surface area contributed by atoms with Crippen molar-refractivity contribution in [2.24, 2.45) is 0 Å². The predicted octanol–water partition coefficient (Wildman–Crippen LogP) is 3.65. The Labute approximate surface area is 99.0 Å². The van der Waals surface area contributed by atoms with Crippen LogP contribution in [0, 0.1) is 6.92 Å². The number of carbonyl (C=O) groups is 1. The van der Waals surface area contributed by atoms with Gasteiger partial charge in [-0.2, -0.15) is 13.2 Å². The lowest BCUT2D eigenvalue weighted by Crippen LogP contribution is -2.21. The van der Waals surface area contributed by atoms with Gasteiger partial charge in [-0.05, 0) is 24.6 Å². The van der Waals surface area contributed by atoms with Gasteiger partial charge < -0.3 is 5.32 Å².